The second-order valence-corrected chi connectivity index (χ2v) is 3.68. The van der Waals surface area contributed by atoms with Gasteiger partial charge in [-0.25, -0.2) is 0 Å². The summed E-state index contributed by atoms with van der Waals surface area (Å²) >= 11 is 0. The highest BCUT2D eigenvalue weighted by Gasteiger charge is 2.03. The molecule has 4 heteroatoms. The molecule has 0 aliphatic carbocycles. The van der Waals surface area contributed by atoms with Crippen molar-refractivity contribution in [2.24, 2.45) is 0 Å². The highest BCUT2D eigenvalue weighted by molar-refractivity contribution is 5.96. The van der Waals surface area contributed by atoms with E-state index >= 15 is 0 Å². The summed E-state index contributed by atoms with van der Waals surface area (Å²) in [7, 11) is 7.77. The second-order valence-electron chi connectivity index (χ2n) is 3.68. The van der Waals surface area contributed by atoms with Gasteiger partial charge in [0.1, 0.15) is 5.84 Å². The predicted molar refractivity (Wildman–Crippen MR) is 68.5 cm³/mol. The fourth-order valence-electron chi connectivity index (χ4n) is 1.18. The number of nitrogens with one attached hydrogen (secondary N) is 1. The summed E-state index contributed by atoms with van der Waals surface area (Å²) in [6, 6.07) is 7.98. The van der Waals surface area contributed by atoms with Crippen LogP contribution in [0.1, 0.15) is 5.56 Å². The molecule has 0 aromatic heterocycles. The SMILES string of the molecule is CN(C)C(=N)c1ccc(N(C)C)cc1.Cl. The zero-order valence-corrected chi connectivity index (χ0v) is 10.4. The first-order valence-corrected chi connectivity index (χ1v) is 4.56. The van der Waals surface area contributed by atoms with Gasteiger partial charge in [-0.15, -0.1) is 12.4 Å². The lowest BCUT2D eigenvalue weighted by molar-refractivity contribution is 0.619. The van der Waals surface area contributed by atoms with E-state index in [9.17, 15) is 0 Å². The third-order valence-corrected chi connectivity index (χ3v) is 2.10. The van der Waals surface area contributed by atoms with E-state index in [-0.39, 0.29) is 12.4 Å². The molecule has 1 N–H and O–H groups in total. The summed E-state index contributed by atoms with van der Waals surface area (Å²) in [5.41, 5.74) is 2.10. The van der Waals surface area contributed by atoms with Crippen LogP contribution >= 0.6 is 12.4 Å². The lowest BCUT2D eigenvalue weighted by Gasteiger charge is -2.16. The van der Waals surface area contributed by atoms with Gasteiger partial charge in [-0.3, -0.25) is 5.41 Å². The van der Waals surface area contributed by atoms with Gasteiger partial charge >= 0.3 is 0 Å². The van der Waals surface area contributed by atoms with Crippen molar-refractivity contribution in [1.82, 2.24) is 4.90 Å². The number of hydrogen-bond donors (Lipinski definition) is 1. The van der Waals surface area contributed by atoms with Crippen molar-refractivity contribution in [3.8, 4) is 0 Å². The maximum absolute atomic E-state index is 7.77. The molecule has 0 radical (unpaired) electrons. The van der Waals surface area contributed by atoms with Crippen LogP contribution in [0.3, 0.4) is 0 Å². The molecule has 0 unspecified atom stereocenters. The number of rotatable bonds is 2. The van der Waals surface area contributed by atoms with Crippen LogP contribution in [0.15, 0.2) is 24.3 Å². The number of hydrogen-bond acceptors (Lipinski definition) is 2. The minimum atomic E-state index is 0. The maximum Gasteiger partial charge on any atom is 0.127 e. The van der Waals surface area contributed by atoms with E-state index in [1.165, 1.54) is 0 Å². The largest absolute Gasteiger partial charge is 0.378 e. The molecule has 15 heavy (non-hydrogen) atoms. The average Bonchev–Trinajstić information content (AvgIpc) is 2.16. The normalized spacial score (nSPS) is 9.07. The Balaban J connectivity index is 0.00000196. The van der Waals surface area contributed by atoms with Gasteiger partial charge in [0.05, 0.1) is 0 Å². The molecule has 0 bridgehead atoms. The van der Waals surface area contributed by atoms with E-state index in [2.05, 4.69) is 0 Å². The Kier molecular flexibility index (Phi) is 5.15. The van der Waals surface area contributed by atoms with Crippen LogP contribution < -0.4 is 4.90 Å². The molecule has 0 aliphatic heterocycles. The zero-order valence-electron chi connectivity index (χ0n) is 9.61. The standard InChI is InChI=1S/C11H17N3.ClH/c1-13(2)10-7-5-9(6-8-10)11(12)14(3)4;/h5-8,12H,1-4H3;1H. The third kappa shape index (κ3) is 3.44. The van der Waals surface area contributed by atoms with Gasteiger partial charge in [0.15, 0.2) is 0 Å². The Morgan fingerprint density at radius 3 is 1.80 bits per heavy atom. The van der Waals surface area contributed by atoms with E-state index in [0.717, 1.165) is 11.3 Å². The van der Waals surface area contributed by atoms with Gasteiger partial charge in [-0.05, 0) is 24.3 Å². The van der Waals surface area contributed by atoms with Crippen molar-refractivity contribution >= 4 is 23.9 Å². The second kappa shape index (κ2) is 5.61. The van der Waals surface area contributed by atoms with Crippen LogP contribution in [0.5, 0.6) is 0 Å². The van der Waals surface area contributed by atoms with Crippen LogP contribution in [-0.4, -0.2) is 38.9 Å². The molecular formula is C11H18ClN3. The first kappa shape index (κ1) is 13.8. The summed E-state index contributed by atoms with van der Waals surface area (Å²) in [4.78, 5) is 3.84. The Hall–Kier alpha value is -1.22. The van der Waals surface area contributed by atoms with Crippen LogP contribution in [0.4, 0.5) is 5.69 Å². The molecule has 1 aromatic rings. The number of amidine groups is 1. The summed E-state index contributed by atoms with van der Waals surface area (Å²) in [5, 5.41) is 7.77. The molecule has 0 saturated carbocycles. The highest BCUT2D eigenvalue weighted by atomic mass is 35.5. The van der Waals surface area contributed by atoms with Gasteiger partial charge in [-0.1, -0.05) is 0 Å². The fourth-order valence-corrected chi connectivity index (χ4v) is 1.18. The first-order valence-electron chi connectivity index (χ1n) is 4.56. The Morgan fingerprint density at radius 1 is 1.00 bits per heavy atom. The lowest BCUT2D eigenvalue weighted by atomic mass is 10.2. The topological polar surface area (TPSA) is 30.3 Å². The molecule has 0 fully saturated rings. The molecular weight excluding hydrogens is 210 g/mol. The van der Waals surface area contributed by atoms with Crippen LogP contribution in [0.2, 0.25) is 0 Å². The van der Waals surface area contributed by atoms with Gasteiger partial charge in [-0.2, -0.15) is 0 Å². The highest BCUT2D eigenvalue weighted by Crippen LogP contribution is 2.12. The minimum absolute atomic E-state index is 0. The van der Waals surface area contributed by atoms with Crippen molar-refractivity contribution < 1.29 is 0 Å². The predicted octanol–water partition coefficient (Wildman–Crippen LogP) is 2.06. The van der Waals surface area contributed by atoms with Gasteiger partial charge in [0, 0.05) is 39.4 Å². The van der Waals surface area contributed by atoms with Crippen LogP contribution in [0, 0.1) is 5.41 Å². The van der Waals surface area contributed by atoms with E-state index < -0.39 is 0 Å². The minimum Gasteiger partial charge on any atom is -0.378 e. The molecule has 0 saturated heterocycles. The zero-order chi connectivity index (χ0) is 10.7. The Labute approximate surface area is 97.6 Å². The number of anilines is 1. The number of halogens is 1. The molecule has 0 heterocycles. The summed E-state index contributed by atoms with van der Waals surface area (Å²) in [6.07, 6.45) is 0. The molecule has 84 valence electrons. The lowest BCUT2D eigenvalue weighted by Crippen LogP contribution is -2.21. The maximum atomic E-state index is 7.77. The fraction of sp³-hybridized carbons (Fsp3) is 0.364. The van der Waals surface area contributed by atoms with E-state index in [0.29, 0.717) is 5.84 Å². The van der Waals surface area contributed by atoms with E-state index in [1.54, 1.807) is 4.90 Å². The molecule has 3 nitrogen and oxygen atoms in total. The smallest absolute Gasteiger partial charge is 0.127 e. The summed E-state index contributed by atoms with van der Waals surface area (Å²) in [5.74, 6) is 0.537. The summed E-state index contributed by atoms with van der Waals surface area (Å²) < 4.78 is 0. The Morgan fingerprint density at radius 2 is 1.47 bits per heavy atom. The van der Waals surface area contributed by atoms with E-state index in [4.69, 9.17) is 5.41 Å². The van der Waals surface area contributed by atoms with Crippen LogP contribution in [-0.2, 0) is 0 Å². The molecule has 0 amide bonds. The summed E-state index contributed by atoms with van der Waals surface area (Å²) in [6.45, 7) is 0. The molecule has 0 aliphatic rings. The average molecular weight is 228 g/mol. The third-order valence-electron chi connectivity index (χ3n) is 2.10. The van der Waals surface area contributed by atoms with Crippen molar-refractivity contribution in [2.75, 3.05) is 33.1 Å². The molecule has 0 atom stereocenters. The molecule has 1 rings (SSSR count). The van der Waals surface area contributed by atoms with Crippen LogP contribution in [0.25, 0.3) is 0 Å². The van der Waals surface area contributed by atoms with Crippen molar-refractivity contribution in [2.45, 2.75) is 0 Å². The molecule has 1 aromatic carbocycles. The van der Waals surface area contributed by atoms with E-state index in [1.807, 2.05) is 57.4 Å². The van der Waals surface area contributed by atoms with Crippen molar-refractivity contribution in [3.05, 3.63) is 29.8 Å². The van der Waals surface area contributed by atoms with Crippen molar-refractivity contribution in [1.29, 1.82) is 5.41 Å². The Bertz CT molecular complexity index is 317. The first-order chi connectivity index (χ1) is 6.52. The van der Waals surface area contributed by atoms with Crippen molar-refractivity contribution in [3.63, 3.8) is 0 Å². The molecule has 0 spiro atoms. The van der Waals surface area contributed by atoms with Gasteiger partial charge < -0.3 is 9.80 Å². The number of nitrogens with zero attached hydrogens (tertiary/aromatic N) is 2. The quantitative estimate of drug-likeness (QED) is 0.619. The van der Waals surface area contributed by atoms with Gasteiger partial charge in [0.25, 0.3) is 0 Å². The van der Waals surface area contributed by atoms with Gasteiger partial charge in [0.2, 0.25) is 0 Å². The monoisotopic (exact) mass is 227 g/mol. The number of benzene rings is 1.